The van der Waals surface area contributed by atoms with Crippen molar-refractivity contribution >= 4 is 16.6 Å². The van der Waals surface area contributed by atoms with Crippen LogP contribution in [0.3, 0.4) is 0 Å². The Morgan fingerprint density at radius 3 is 2.59 bits per heavy atom. The quantitative estimate of drug-likeness (QED) is 0.293. The molecule has 0 aliphatic rings. The number of hydrogen-bond donors (Lipinski definition) is 3. The molecule has 0 saturated heterocycles. The Bertz CT molecular complexity index is 1090. The van der Waals surface area contributed by atoms with E-state index in [1.54, 1.807) is 0 Å². The summed E-state index contributed by atoms with van der Waals surface area (Å²) in [5.41, 5.74) is 0.340. The highest BCUT2D eigenvalue weighted by atomic mass is 19.4. The fourth-order valence-corrected chi connectivity index (χ4v) is 3.75. The Morgan fingerprint density at radius 1 is 1.12 bits per heavy atom. The number of ether oxygens (including phenoxy) is 1. The topological polar surface area (TPSA) is 78.5 Å². The second-order valence-electron chi connectivity index (χ2n) is 7.64. The van der Waals surface area contributed by atoms with Gasteiger partial charge >= 0.3 is 6.18 Å². The van der Waals surface area contributed by atoms with Crippen LogP contribution in [0.4, 0.5) is 13.2 Å². The lowest BCUT2D eigenvalue weighted by Crippen LogP contribution is -2.23. The van der Waals surface area contributed by atoms with E-state index in [1.165, 1.54) is 6.07 Å². The number of aliphatic hydroxyl groups excluding tert-OH is 1. The number of nitrogens with one attached hydrogen (secondary N) is 1. The van der Waals surface area contributed by atoms with Crippen molar-refractivity contribution in [2.24, 2.45) is 0 Å². The second kappa shape index (κ2) is 10.1. The van der Waals surface area contributed by atoms with Crippen molar-refractivity contribution in [1.82, 2.24) is 4.57 Å². The number of aromatic hydroxyl groups is 1. The van der Waals surface area contributed by atoms with Gasteiger partial charge in [0.1, 0.15) is 17.2 Å². The first-order chi connectivity index (χ1) is 15.3. The Hall–Kier alpha value is -3.00. The van der Waals surface area contributed by atoms with Crippen molar-refractivity contribution in [1.29, 1.82) is 5.41 Å². The van der Waals surface area contributed by atoms with Gasteiger partial charge in [-0.15, -0.1) is 0 Å². The predicted molar refractivity (Wildman–Crippen MR) is 118 cm³/mol. The third-order valence-electron chi connectivity index (χ3n) is 5.33. The molecule has 0 saturated carbocycles. The predicted octanol–water partition coefficient (Wildman–Crippen LogP) is 5.23. The Balaban J connectivity index is 1.67. The number of aryl methyl sites for hydroxylation is 1. The van der Waals surface area contributed by atoms with E-state index in [9.17, 15) is 18.3 Å². The monoisotopic (exact) mass is 448 g/mol. The molecule has 5 nitrogen and oxygen atoms in total. The number of halogens is 3. The minimum atomic E-state index is -4.83. The summed E-state index contributed by atoms with van der Waals surface area (Å²) in [6, 6.07) is 10.6. The molecule has 0 fully saturated rings. The van der Waals surface area contributed by atoms with Crippen LogP contribution in [0, 0.1) is 5.41 Å². The third-order valence-corrected chi connectivity index (χ3v) is 5.33. The standard InChI is InChI=1S/C24H27F3N2O3/c1-2-4-18-21(8-6-19(22(18)31)23(28)24(25,26)27)32-14-3-11-29-12-9-17-15-16(10-13-30)5-7-20(17)29/h5-9,12,15,28,30-31H,2-4,10-11,13-14H2,1H3. The first-order valence-corrected chi connectivity index (χ1v) is 10.6. The van der Waals surface area contributed by atoms with Gasteiger partial charge in [-0.2, -0.15) is 13.2 Å². The van der Waals surface area contributed by atoms with Crippen LogP contribution in [-0.2, 0) is 19.4 Å². The van der Waals surface area contributed by atoms with E-state index in [0.29, 0.717) is 50.1 Å². The van der Waals surface area contributed by atoms with E-state index in [1.807, 2.05) is 31.3 Å². The van der Waals surface area contributed by atoms with E-state index in [0.717, 1.165) is 22.5 Å². The number of fused-ring (bicyclic) bond motifs is 1. The zero-order chi connectivity index (χ0) is 23.3. The molecule has 2 aromatic carbocycles. The molecule has 1 heterocycles. The van der Waals surface area contributed by atoms with Crippen molar-refractivity contribution < 1.29 is 28.1 Å². The van der Waals surface area contributed by atoms with Crippen LogP contribution in [0.25, 0.3) is 10.9 Å². The summed E-state index contributed by atoms with van der Waals surface area (Å²) in [7, 11) is 0. The normalized spacial score (nSPS) is 11.8. The summed E-state index contributed by atoms with van der Waals surface area (Å²) >= 11 is 0. The molecule has 3 rings (SSSR count). The number of alkyl halides is 3. The van der Waals surface area contributed by atoms with Crippen molar-refractivity contribution in [3.05, 3.63) is 59.3 Å². The highest BCUT2D eigenvalue weighted by Crippen LogP contribution is 2.36. The average molecular weight is 448 g/mol. The van der Waals surface area contributed by atoms with E-state index in [-0.39, 0.29) is 6.61 Å². The fraction of sp³-hybridized carbons (Fsp3) is 0.375. The van der Waals surface area contributed by atoms with E-state index in [4.69, 9.17) is 15.3 Å². The lowest BCUT2D eigenvalue weighted by atomic mass is 10.00. The molecule has 1 aromatic heterocycles. The molecular formula is C24H27F3N2O3. The summed E-state index contributed by atoms with van der Waals surface area (Å²) < 4.78 is 46.6. The zero-order valence-corrected chi connectivity index (χ0v) is 17.9. The van der Waals surface area contributed by atoms with Gasteiger partial charge in [-0.25, -0.2) is 0 Å². The van der Waals surface area contributed by atoms with Gasteiger partial charge in [-0.3, -0.25) is 5.41 Å². The minimum Gasteiger partial charge on any atom is -0.507 e. The number of rotatable bonds is 10. The molecule has 3 aromatic rings. The van der Waals surface area contributed by atoms with Gasteiger partial charge in [0.15, 0.2) is 0 Å². The number of nitrogens with zero attached hydrogens (tertiary/aromatic N) is 1. The van der Waals surface area contributed by atoms with Gasteiger partial charge in [0, 0.05) is 36.0 Å². The molecule has 3 N–H and O–H groups in total. The summed E-state index contributed by atoms with van der Waals surface area (Å²) in [5.74, 6) is -0.198. The smallest absolute Gasteiger partial charge is 0.433 e. The second-order valence-corrected chi connectivity index (χ2v) is 7.64. The summed E-state index contributed by atoms with van der Waals surface area (Å²) in [6.07, 6.45) is -0.613. The lowest BCUT2D eigenvalue weighted by Gasteiger charge is -2.17. The zero-order valence-electron chi connectivity index (χ0n) is 17.9. The fourth-order valence-electron chi connectivity index (χ4n) is 3.75. The molecule has 8 heteroatoms. The maximum absolute atomic E-state index is 12.9. The van der Waals surface area contributed by atoms with Crippen molar-refractivity contribution in [3.8, 4) is 11.5 Å². The maximum Gasteiger partial charge on any atom is 0.433 e. The van der Waals surface area contributed by atoms with Crippen molar-refractivity contribution in [2.75, 3.05) is 13.2 Å². The molecule has 32 heavy (non-hydrogen) atoms. The molecule has 0 bridgehead atoms. The van der Waals surface area contributed by atoms with Crippen molar-refractivity contribution in [3.63, 3.8) is 0 Å². The van der Waals surface area contributed by atoms with Gasteiger partial charge in [0.25, 0.3) is 0 Å². The van der Waals surface area contributed by atoms with Gasteiger partial charge in [-0.1, -0.05) is 19.4 Å². The minimum absolute atomic E-state index is 0.109. The first-order valence-electron chi connectivity index (χ1n) is 10.6. The molecular weight excluding hydrogens is 421 g/mol. The summed E-state index contributed by atoms with van der Waals surface area (Å²) in [6.45, 7) is 2.98. The van der Waals surface area contributed by atoms with Gasteiger partial charge in [-0.05, 0) is 60.5 Å². The number of aromatic nitrogens is 1. The van der Waals surface area contributed by atoms with Crippen LogP contribution in [0.15, 0.2) is 42.6 Å². The molecule has 0 spiro atoms. The van der Waals surface area contributed by atoms with Crippen LogP contribution in [0.1, 0.15) is 36.5 Å². The van der Waals surface area contributed by atoms with E-state index < -0.39 is 23.2 Å². The summed E-state index contributed by atoms with van der Waals surface area (Å²) in [4.78, 5) is 0. The highest BCUT2D eigenvalue weighted by Gasteiger charge is 2.37. The molecule has 0 unspecified atom stereocenters. The molecule has 0 radical (unpaired) electrons. The van der Waals surface area contributed by atoms with Gasteiger partial charge in [0.05, 0.1) is 6.61 Å². The van der Waals surface area contributed by atoms with Gasteiger partial charge in [0.2, 0.25) is 0 Å². The Kier molecular flexibility index (Phi) is 7.45. The molecule has 0 amide bonds. The highest BCUT2D eigenvalue weighted by molar-refractivity contribution is 6.04. The number of benzene rings is 2. The van der Waals surface area contributed by atoms with Crippen LogP contribution < -0.4 is 4.74 Å². The van der Waals surface area contributed by atoms with Gasteiger partial charge < -0.3 is 19.5 Å². The third kappa shape index (κ3) is 5.24. The number of phenols is 1. The average Bonchev–Trinajstić information content (AvgIpc) is 3.15. The Labute approximate surface area is 184 Å². The molecule has 0 aliphatic heterocycles. The molecule has 0 atom stereocenters. The largest absolute Gasteiger partial charge is 0.507 e. The van der Waals surface area contributed by atoms with Crippen LogP contribution in [0.5, 0.6) is 11.5 Å². The summed E-state index contributed by atoms with van der Waals surface area (Å²) in [5, 5.41) is 27.9. The molecule has 0 aliphatic carbocycles. The Morgan fingerprint density at radius 2 is 1.91 bits per heavy atom. The van der Waals surface area contributed by atoms with Crippen LogP contribution >= 0.6 is 0 Å². The van der Waals surface area contributed by atoms with Crippen LogP contribution in [0.2, 0.25) is 0 Å². The number of phenolic OH excluding ortho intramolecular Hbond substituents is 1. The maximum atomic E-state index is 12.9. The first kappa shape index (κ1) is 23.7. The molecule has 172 valence electrons. The van der Waals surface area contributed by atoms with Crippen molar-refractivity contribution in [2.45, 2.75) is 45.3 Å². The number of aliphatic hydroxyl groups is 1. The van der Waals surface area contributed by atoms with Crippen LogP contribution in [-0.4, -0.2) is 39.9 Å². The number of hydrogen-bond acceptors (Lipinski definition) is 4. The van der Waals surface area contributed by atoms with E-state index >= 15 is 0 Å². The van der Waals surface area contributed by atoms with E-state index in [2.05, 4.69) is 10.6 Å². The lowest BCUT2D eigenvalue weighted by molar-refractivity contribution is -0.0588. The SMILES string of the molecule is CCCc1c(OCCCn2ccc3cc(CCO)ccc32)ccc(C(=N)C(F)(F)F)c1O.